The maximum atomic E-state index is 12.6. The standard InChI is InChI=1S/C22H24Br2N4O3.C14H19N3O/c1-27-8-6-14(7-9-27)28-18-5-3-2-4-17(18)26-20(28)22(25,21(30)31)12-13-10-15(23)19(29)16(24)11-13;18-14-16-13-4-2-1-3-11(13)7-10-17(14)12-5-8-15-9-6-12/h2-5,10-11,14,29H,6-9,12,25H2,1H3,(H,30,31);1-4,12,15H,5-10H2,(H,16,18)/t22-;/m1./s1. The number of aromatic hydroxyl groups is 1. The quantitative estimate of drug-likeness (QED) is 0.164. The van der Waals surface area contributed by atoms with Crippen LogP contribution in [-0.4, -0.2) is 87.4 Å². The largest absolute Gasteiger partial charge is 0.506 e. The Labute approximate surface area is 303 Å². The molecule has 2 fully saturated rings. The molecule has 2 amide bonds. The van der Waals surface area contributed by atoms with Crippen LogP contribution < -0.4 is 16.4 Å². The number of halogens is 2. The molecule has 3 aliphatic rings. The Morgan fingerprint density at radius 3 is 2.33 bits per heavy atom. The predicted octanol–water partition coefficient (Wildman–Crippen LogP) is 5.84. The molecule has 3 aliphatic heterocycles. The van der Waals surface area contributed by atoms with Gasteiger partial charge in [0.05, 0.1) is 20.0 Å². The first-order valence-electron chi connectivity index (χ1n) is 16.8. The summed E-state index contributed by atoms with van der Waals surface area (Å²) >= 11 is 6.63. The Morgan fingerprint density at radius 2 is 1.63 bits per heavy atom. The van der Waals surface area contributed by atoms with E-state index in [0.29, 0.717) is 26.4 Å². The van der Waals surface area contributed by atoms with Gasteiger partial charge in [-0.2, -0.15) is 0 Å². The summed E-state index contributed by atoms with van der Waals surface area (Å²) in [5, 5.41) is 26.7. The molecule has 0 aliphatic carbocycles. The predicted molar refractivity (Wildman–Crippen MR) is 198 cm³/mol. The molecule has 0 radical (unpaired) electrons. The van der Waals surface area contributed by atoms with Gasteiger partial charge in [-0.1, -0.05) is 30.3 Å². The summed E-state index contributed by atoms with van der Waals surface area (Å²) < 4.78 is 2.97. The number of nitrogens with one attached hydrogen (secondary N) is 2. The van der Waals surface area contributed by atoms with Crippen molar-refractivity contribution in [3.8, 4) is 5.75 Å². The van der Waals surface area contributed by atoms with E-state index in [1.54, 1.807) is 12.1 Å². The highest BCUT2D eigenvalue weighted by atomic mass is 79.9. The number of benzene rings is 3. The Hall–Kier alpha value is -3.49. The second-order valence-corrected chi connectivity index (χ2v) is 14.9. The molecule has 4 aromatic rings. The van der Waals surface area contributed by atoms with E-state index in [2.05, 4.69) is 60.5 Å². The van der Waals surface area contributed by atoms with Gasteiger partial charge in [0.1, 0.15) is 11.6 Å². The number of imidazole rings is 1. The molecule has 7 rings (SSSR count). The number of carbonyl (C=O) groups is 2. The molecule has 0 spiro atoms. The zero-order valence-corrected chi connectivity index (χ0v) is 30.7. The number of likely N-dealkylation sites (tertiary alicyclic amines) is 1. The van der Waals surface area contributed by atoms with Gasteiger partial charge in [-0.15, -0.1) is 0 Å². The van der Waals surface area contributed by atoms with E-state index in [1.165, 1.54) is 5.56 Å². The number of amides is 2. The first-order valence-corrected chi connectivity index (χ1v) is 18.3. The number of aliphatic carboxylic acids is 1. The number of carboxylic acid groups (broad SMARTS) is 1. The maximum absolute atomic E-state index is 12.6. The molecule has 49 heavy (non-hydrogen) atoms. The number of phenolic OH excluding ortho intramolecular Hbond substituents is 1. The summed E-state index contributed by atoms with van der Waals surface area (Å²) in [6.45, 7) is 4.72. The summed E-state index contributed by atoms with van der Waals surface area (Å²) in [4.78, 5) is 33.9. The van der Waals surface area contributed by atoms with E-state index >= 15 is 0 Å². The van der Waals surface area contributed by atoms with Gasteiger partial charge in [-0.3, -0.25) is 0 Å². The molecule has 0 bridgehead atoms. The Kier molecular flexibility index (Phi) is 10.9. The molecule has 6 N–H and O–H groups in total. The molecular weight excluding hydrogens is 754 g/mol. The van der Waals surface area contributed by atoms with E-state index in [4.69, 9.17) is 10.7 Å². The van der Waals surface area contributed by atoms with Crippen molar-refractivity contribution in [2.75, 3.05) is 45.1 Å². The first-order chi connectivity index (χ1) is 23.5. The van der Waals surface area contributed by atoms with Crippen LogP contribution in [0.3, 0.4) is 0 Å². The van der Waals surface area contributed by atoms with Gasteiger partial charge in [0.25, 0.3) is 0 Å². The van der Waals surface area contributed by atoms with Gasteiger partial charge in [0, 0.05) is 30.7 Å². The molecule has 260 valence electrons. The lowest BCUT2D eigenvalue weighted by molar-refractivity contribution is -0.144. The van der Waals surface area contributed by atoms with Crippen molar-refractivity contribution in [2.45, 2.75) is 56.1 Å². The number of rotatable bonds is 6. The van der Waals surface area contributed by atoms with Crippen molar-refractivity contribution in [2.24, 2.45) is 5.73 Å². The number of carbonyl (C=O) groups excluding carboxylic acids is 1. The maximum Gasteiger partial charge on any atom is 0.331 e. The highest BCUT2D eigenvalue weighted by Gasteiger charge is 2.43. The van der Waals surface area contributed by atoms with E-state index in [-0.39, 0.29) is 24.2 Å². The molecule has 3 aromatic carbocycles. The Balaban J connectivity index is 0.000000195. The number of phenols is 1. The van der Waals surface area contributed by atoms with Gasteiger partial charge in [0.2, 0.25) is 0 Å². The number of piperidine rings is 2. The van der Waals surface area contributed by atoms with Crippen LogP contribution in [0.4, 0.5) is 10.5 Å². The van der Waals surface area contributed by atoms with E-state index in [9.17, 15) is 19.8 Å². The average molecular weight is 798 g/mol. The second kappa shape index (κ2) is 15.2. The Morgan fingerprint density at radius 1 is 0.980 bits per heavy atom. The van der Waals surface area contributed by atoms with Crippen molar-refractivity contribution in [1.29, 1.82) is 0 Å². The summed E-state index contributed by atoms with van der Waals surface area (Å²) in [6, 6.07) is 19.7. The number of nitrogens with two attached hydrogens (primary N) is 1. The fourth-order valence-corrected chi connectivity index (χ4v) is 8.41. The number of carboxylic acids is 1. The van der Waals surface area contributed by atoms with Crippen LogP contribution in [0.2, 0.25) is 0 Å². The third kappa shape index (κ3) is 7.65. The molecule has 0 unspecified atom stereocenters. The van der Waals surface area contributed by atoms with E-state index < -0.39 is 11.5 Å². The molecular formula is C36H43Br2N7O4. The number of hydrogen-bond acceptors (Lipinski definition) is 7. The number of nitrogens with zero attached hydrogens (tertiary/aromatic N) is 4. The smallest absolute Gasteiger partial charge is 0.331 e. The Bertz CT molecular complexity index is 1800. The zero-order chi connectivity index (χ0) is 34.7. The third-order valence-corrected chi connectivity index (χ3v) is 11.1. The highest BCUT2D eigenvalue weighted by Crippen LogP contribution is 2.37. The minimum absolute atomic E-state index is 0.0236. The van der Waals surface area contributed by atoms with Crippen molar-refractivity contribution in [3.63, 3.8) is 0 Å². The number of hydrogen-bond donors (Lipinski definition) is 5. The van der Waals surface area contributed by atoms with Crippen LogP contribution in [0, 0.1) is 0 Å². The lowest BCUT2D eigenvalue weighted by atomic mass is 9.90. The third-order valence-electron chi connectivity index (χ3n) is 9.88. The van der Waals surface area contributed by atoms with Gasteiger partial charge in [0.15, 0.2) is 5.54 Å². The summed E-state index contributed by atoms with van der Waals surface area (Å²) in [6.07, 6.45) is 4.88. The van der Waals surface area contributed by atoms with Crippen molar-refractivity contribution in [3.05, 3.63) is 86.6 Å². The molecule has 1 atom stereocenters. The summed E-state index contributed by atoms with van der Waals surface area (Å²) in [5.74, 6) is -0.728. The van der Waals surface area contributed by atoms with Crippen molar-refractivity contribution < 1.29 is 19.8 Å². The summed E-state index contributed by atoms with van der Waals surface area (Å²) in [5.41, 5.74) is 9.42. The number of para-hydroxylation sites is 3. The van der Waals surface area contributed by atoms with Gasteiger partial charge in [-0.05, 0) is 139 Å². The minimum Gasteiger partial charge on any atom is -0.506 e. The fraction of sp³-hybridized carbons (Fsp3) is 0.417. The molecule has 0 saturated carbocycles. The van der Waals surface area contributed by atoms with Crippen LogP contribution in [0.5, 0.6) is 5.75 Å². The van der Waals surface area contributed by atoms with Crippen LogP contribution in [0.25, 0.3) is 11.0 Å². The van der Waals surface area contributed by atoms with Gasteiger partial charge < -0.3 is 40.9 Å². The minimum atomic E-state index is -1.74. The number of fused-ring (bicyclic) bond motifs is 2. The molecule has 11 nitrogen and oxygen atoms in total. The van der Waals surface area contributed by atoms with Crippen LogP contribution in [-0.2, 0) is 23.2 Å². The molecule has 2 saturated heterocycles. The van der Waals surface area contributed by atoms with Crippen LogP contribution >= 0.6 is 31.9 Å². The lowest BCUT2D eigenvalue weighted by Gasteiger charge is -2.34. The van der Waals surface area contributed by atoms with E-state index in [0.717, 1.165) is 81.5 Å². The van der Waals surface area contributed by atoms with Crippen molar-refractivity contribution in [1.82, 2.24) is 24.7 Å². The SMILES string of the molecule is CN1CCC(n2c([C@](N)(Cc3cc(Br)c(O)c(Br)c3)C(=O)O)nc3ccccc32)CC1.O=C1Nc2ccccc2CCN1C1CCNCC1. The molecule has 4 heterocycles. The average Bonchev–Trinajstić information content (AvgIpc) is 3.40. The van der Waals surface area contributed by atoms with Gasteiger partial charge >= 0.3 is 12.0 Å². The first kappa shape index (κ1) is 35.3. The van der Waals surface area contributed by atoms with Crippen LogP contribution in [0.1, 0.15) is 48.7 Å². The van der Waals surface area contributed by atoms with Gasteiger partial charge in [-0.25, -0.2) is 14.6 Å². The normalized spacial score (nSPS) is 18.9. The topological polar surface area (TPSA) is 149 Å². The number of anilines is 1. The van der Waals surface area contributed by atoms with Crippen molar-refractivity contribution >= 4 is 60.6 Å². The highest BCUT2D eigenvalue weighted by molar-refractivity contribution is 9.11. The number of urea groups is 1. The number of aromatic nitrogens is 2. The molecule has 1 aromatic heterocycles. The van der Waals surface area contributed by atoms with E-state index in [1.807, 2.05) is 51.9 Å². The lowest BCUT2D eigenvalue weighted by Crippen LogP contribution is -2.49. The molecule has 13 heteroatoms. The second-order valence-electron chi connectivity index (χ2n) is 13.2. The monoisotopic (exact) mass is 795 g/mol. The summed E-state index contributed by atoms with van der Waals surface area (Å²) in [7, 11) is 2.09. The van der Waals surface area contributed by atoms with Crippen LogP contribution in [0.15, 0.2) is 69.6 Å². The fourth-order valence-electron chi connectivity index (χ4n) is 7.13. The zero-order valence-electron chi connectivity index (χ0n) is 27.5.